The van der Waals surface area contributed by atoms with Gasteiger partial charge in [-0.05, 0) is 42.7 Å². The number of hydrogen-bond acceptors (Lipinski definition) is 5. The Kier molecular flexibility index (Phi) is 7.31. The van der Waals surface area contributed by atoms with Crippen molar-refractivity contribution < 1.29 is 23.9 Å². The number of nitrogens with zero attached hydrogens (tertiary/aromatic N) is 2. The minimum atomic E-state index is -0.414. The van der Waals surface area contributed by atoms with Gasteiger partial charge in [-0.2, -0.15) is 0 Å². The van der Waals surface area contributed by atoms with Gasteiger partial charge >= 0.3 is 0 Å². The van der Waals surface area contributed by atoms with Crippen LogP contribution < -0.4 is 24.6 Å². The van der Waals surface area contributed by atoms with Gasteiger partial charge < -0.3 is 24.6 Å². The fourth-order valence-electron chi connectivity index (χ4n) is 5.46. The van der Waals surface area contributed by atoms with Gasteiger partial charge in [0.2, 0.25) is 11.8 Å². The molecule has 0 saturated heterocycles. The summed E-state index contributed by atoms with van der Waals surface area (Å²) in [4.78, 5) is 44.1. The van der Waals surface area contributed by atoms with Crippen molar-refractivity contribution in [3.63, 3.8) is 0 Å². The van der Waals surface area contributed by atoms with Crippen LogP contribution in [-0.4, -0.2) is 44.5 Å². The Morgan fingerprint density at radius 1 is 0.895 bits per heavy atom. The van der Waals surface area contributed by atoms with Crippen molar-refractivity contribution in [2.24, 2.45) is 5.92 Å². The molecule has 1 fully saturated rings. The Balaban J connectivity index is 1.43. The summed E-state index contributed by atoms with van der Waals surface area (Å²) in [6.07, 6.45) is 2.32. The van der Waals surface area contributed by atoms with E-state index in [0.717, 1.165) is 24.8 Å². The molecule has 2 atom stereocenters. The molecule has 1 heterocycles. The van der Waals surface area contributed by atoms with E-state index >= 15 is 0 Å². The number of para-hydroxylation sites is 2. The minimum absolute atomic E-state index is 0.0339. The van der Waals surface area contributed by atoms with Gasteiger partial charge in [0.1, 0.15) is 11.5 Å². The summed E-state index contributed by atoms with van der Waals surface area (Å²) < 4.78 is 10.5. The molecule has 8 heteroatoms. The van der Waals surface area contributed by atoms with Crippen molar-refractivity contribution in [3.8, 4) is 11.5 Å². The molecule has 1 N–H and O–H groups in total. The van der Waals surface area contributed by atoms with Gasteiger partial charge in [-0.25, -0.2) is 0 Å². The number of amides is 3. The number of methoxy groups -OCH3 is 2. The standard InChI is InChI=1S/C30H31N3O5/c1-37-22-15-21(16-23(17-22)38-2)29(35)31-18-28(34)33-25-14-8-11-24(25)30(36)32(19-20-9-4-3-5-10-20)26-12-6-7-13-27(26)33/h3-7,9-10,12-13,15-17,24-25H,8,11,14,18-19H2,1-2H3,(H,31,35)/t24-,25+/m0/s1. The highest BCUT2D eigenvalue weighted by atomic mass is 16.5. The molecule has 5 rings (SSSR count). The molecule has 0 bridgehead atoms. The lowest BCUT2D eigenvalue weighted by Gasteiger charge is -2.30. The number of ether oxygens (including phenoxy) is 2. The molecule has 1 aliphatic carbocycles. The molecule has 3 aromatic rings. The van der Waals surface area contributed by atoms with Crippen molar-refractivity contribution >= 4 is 29.1 Å². The second-order valence-corrected chi connectivity index (χ2v) is 9.55. The molecule has 3 amide bonds. The van der Waals surface area contributed by atoms with Crippen LogP contribution in [0, 0.1) is 5.92 Å². The Morgan fingerprint density at radius 3 is 2.24 bits per heavy atom. The van der Waals surface area contributed by atoms with E-state index in [0.29, 0.717) is 35.0 Å². The lowest BCUT2D eigenvalue weighted by Crippen LogP contribution is -2.48. The molecular weight excluding hydrogens is 482 g/mol. The predicted octanol–water partition coefficient (Wildman–Crippen LogP) is 4.18. The number of benzene rings is 3. The van der Waals surface area contributed by atoms with Crippen molar-refractivity contribution in [1.29, 1.82) is 0 Å². The van der Waals surface area contributed by atoms with Crippen LogP contribution in [-0.2, 0) is 16.1 Å². The zero-order chi connectivity index (χ0) is 26.6. The number of fused-ring (bicyclic) bond motifs is 2. The number of anilines is 2. The maximum atomic E-state index is 13.8. The molecule has 0 spiro atoms. The Labute approximate surface area is 222 Å². The van der Waals surface area contributed by atoms with Crippen LogP contribution in [0.25, 0.3) is 0 Å². The lowest BCUT2D eigenvalue weighted by molar-refractivity contribution is -0.123. The third kappa shape index (κ3) is 4.94. The summed E-state index contributed by atoms with van der Waals surface area (Å²) in [5.41, 5.74) is 2.74. The highest BCUT2D eigenvalue weighted by Gasteiger charge is 2.45. The zero-order valence-corrected chi connectivity index (χ0v) is 21.6. The summed E-state index contributed by atoms with van der Waals surface area (Å²) in [5, 5.41) is 2.75. The van der Waals surface area contributed by atoms with Crippen LogP contribution in [0.4, 0.5) is 11.4 Å². The van der Waals surface area contributed by atoms with Crippen LogP contribution >= 0.6 is 0 Å². The quantitative estimate of drug-likeness (QED) is 0.512. The maximum absolute atomic E-state index is 13.8. The summed E-state index contributed by atoms with van der Waals surface area (Å²) in [7, 11) is 3.02. The average Bonchev–Trinajstić information content (AvgIpc) is 3.41. The van der Waals surface area contributed by atoms with E-state index in [1.54, 1.807) is 23.1 Å². The number of carbonyl (C=O) groups excluding carboxylic acids is 3. The van der Waals surface area contributed by atoms with E-state index in [-0.39, 0.29) is 30.3 Å². The van der Waals surface area contributed by atoms with Crippen molar-refractivity contribution in [2.75, 3.05) is 30.6 Å². The van der Waals surface area contributed by atoms with Crippen LogP contribution in [0.3, 0.4) is 0 Å². The lowest BCUT2D eigenvalue weighted by atomic mass is 10.0. The summed E-state index contributed by atoms with van der Waals surface area (Å²) in [6, 6.07) is 22.0. The van der Waals surface area contributed by atoms with Gasteiger partial charge in [0, 0.05) is 17.7 Å². The normalized spacial score (nSPS) is 18.3. The molecule has 8 nitrogen and oxygen atoms in total. The van der Waals surface area contributed by atoms with Gasteiger partial charge in [0.05, 0.1) is 44.6 Å². The average molecular weight is 514 g/mol. The van der Waals surface area contributed by atoms with E-state index < -0.39 is 5.91 Å². The molecular formula is C30H31N3O5. The van der Waals surface area contributed by atoms with Crippen molar-refractivity contribution in [1.82, 2.24) is 5.32 Å². The molecule has 1 saturated carbocycles. The van der Waals surface area contributed by atoms with Gasteiger partial charge in [0.25, 0.3) is 5.91 Å². The molecule has 38 heavy (non-hydrogen) atoms. The van der Waals surface area contributed by atoms with Crippen LogP contribution in [0.15, 0.2) is 72.8 Å². The number of hydrogen-bond donors (Lipinski definition) is 1. The third-order valence-electron chi connectivity index (χ3n) is 7.29. The first-order chi connectivity index (χ1) is 18.5. The number of rotatable bonds is 7. The van der Waals surface area contributed by atoms with Gasteiger partial charge in [-0.1, -0.05) is 48.9 Å². The highest BCUT2D eigenvalue weighted by molar-refractivity contribution is 6.08. The van der Waals surface area contributed by atoms with Crippen molar-refractivity contribution in [3.05, 3.63) is 83.9 Å². The number of nitrogens with one attached hydrogen (secondary N) is 1. The Bertz CT molecular complexity index is 1320. The summed E-state index contributed by atoms with van der Waals surface area (Å²) in [5.74, 6) is 0.0246. The number of carbonyl (C=O) groups is 3. The van der Waals surface area contributed by atoms with Gasteiger partial charge in [-0.3, -0.25) is 14.4 Å². The zero-order valence-electron chi connectivity index (χ0n) is 21.6. The van der Waals surface area contributed by atoms with Gasteiger partial charge in [-0.15, -0.1) is 0 Å². The summed E-state index contributed by atoms with van der Waals surface area (Å²) in [6.45, 7) is 0.221. The van der Waals surface area contributed by atoms with E-state index in [9.17, 15) is 14.4 Å². The minimum Gasteiger partial charge on any atom is -0.497 e. The molecule has 0 aromatic heterocycles. The smallest absolute Gasteiger partial charge is 0.251 e. The van der Waals surface area contributed by atoms with Gasteiger partial charge in [0.15, 0.2) is 0 Å². The second kappa shape index (κ2) is 11.0. The van der Waals surface area contributed by atoms with Crippen LogP contribution in [0.2, 0.25) is 0 Å². The molecule has 3 aromatic carbocycles. The van der Waals surface area contributed by atoms with E-state index in [4.69, 9.17) is 9.47 Å². The molecule has 196 valence electrons. The maximum Gasteiger partial charge on any atom is 0.251 e. The predicted molar refractivity (Wildman–Crippen MR) is 145 cm³/mol. The molecule has 1 aliphatic heterocycles. The van der Waals surface area contributed by atoms with Crippen LogP contribution in [0.5, 0.6) is 11.5 Å². The largest absolute Gasteiger partial charge is 0.497 e. The Hall–Kier alpha value is -4.33. The molecule has 0 unspecified atom stereocenters. The van der Waals surface area contributed by atoms with E-state index in [1.807, 2.05) is 59.5 Å². The van der Waals surface area contributed by atoms with E-state index in [1.165, 1.54) is 14.2 Å². The van der Waals surface area contributed by atoms with Crippen molar-refractivity contribution in [2.45, 2.75) is 31.8 Å². The van der Waals surface area contributed by atoms with E-state index in [2.05, 4.69) is 5.32 Å². The first kappa shape index (κ1) is 25.3. The first-order valence-corrected chi connectivity index (χ1v) is 12.8. The fourth-order valence-corrected chi connectivity index (χ4v) is 5.46. The topological polar surface area (TPSA) is 88.2 Å². The van der Waals surface area contributed by atoms with Crippen LogP contribution in [0.1, 0.15) is 35.2 Å². The monoisotopic (exact) mass is 513 g/mol. The Morgan fingerprint density at radius 2 is 1.55 bits per heavy atom. The first-order valence-electron chi connectivity index (χ1n) is 12.8. The third-order valence-corrected chi connectivity index (χ3v) is 7.29. The molecule has 0 radical (unpaired) electrons. The fraction of sp³-hybridized carbons (Fsp3) is 0.300. The SMILES string of the molecule is COc1cc(OC)cc(C(=O)NCC(=O)N2c3ccccc3N(Cc3ccccc3)C(=O)[C@H]3CCC[C@H]32)c1. The second-order valence-electron chi connectivity index (χ2n) is 9.55. The molecule has 2 aliphatic rings. The highest BCUT2D eigenvalue weighted by Crippen LogP contribution is 2.43. The summed E-state index contributed by atoms with van der Waals surface area (Å²) >= 11 is 0.